The van der Waals surface area contributed by atoms with E-state index in [0.29, 0.717) is 6.54 Å². The molecule has 2 aliphatic heterocycles. The van der Waals surface area contributed by atoms with Crippen molar-refractivity contribution >= 4 is 11.9 Å². The van der Waals surface area contributed by atoms with Crippen LogP contribution in [0.25, 0.3) is 0 Å². The predicted octanol–water partition coefficient (Wildman–Crippen LogP) is 2.02. The second-order valence-corrected chi connectivity index (χ2v) is 7.42. The molecule has 3 amide bonds. The lowest BCUT2D eigenvalue weighted by atomic mass is 9.96. The number of methoxy groups -OCH3 is 1. The highest BCUT2D eigenvalue weighted by Crippen LogP contribution is 2.24. The molecule has 1 aromatic rings. The van der Waals surface area contributed by atoms with Gasteiger partial charge in [-0.25, -0.2) is 4.79 Å². The van der Waals surface area contributed by atoms with Gasteiger partial charge in [0.1, 0.15) is 5.75 Å². The first-order valence-electron chi connectivity index (χ1n) is 9.40. The molecule has 1 saturated heterocycles. The van der Waals surface area contributed by atoms with Gasteiger partial charge in [-0.05, 0) is 48.9 Å². The summed E-state index contributed by atoms with van der Waals surface area (Å²) in [4.78, 5) is 30.7. The van der Waals surface area contributed by atoms with Gasteiger partial charge in [0.15, 0.2) is 0 Å². The molecular weight excluding hydrogens is 330 g/mol. The van der Waals surface area contributed by atoms with Gasteiger partial charge in [-0.3, -0.25) is 4.79 Å². The number of carbonyl (C=O) groups is 2. The highest BCUT2D eigenvalue weighted by Gasteiger charge is 2.32. The second-order valence-electron chi connectivity index (χ2n) is 7.42. The standard InChI is InChI=1S/C20H29N3O3/c1-21(2)20(25)23-10-4-5-17(14-23)19(24)22-11-8-15-6-7-18(26-3)13-16(15)9-12-22/h6-7,13,17H,4-5,8-12,14H2,1-3H3/t17-/m1/s1. The molecule has 2 heterocycles. The normalized spacial score (nSPS) is 20.2. The number of rotatable bonds is 2. The van der Waals surface area contributed by atoms with Crippen molar-refractivity contribution in [2.45, 2.75) is 25.7 Å². The number of urea groups is 1. The summed E-state index contributed by atoms with van der Waals surface area (Å²) in [7, 11) is 5.19. The van der Waals surface area contributed by atoms with Gasteiger partial charge < -0.3 is 19.4 Å². The highest BCUT2D eigenvalue weighted by molar-refractivity contribution is 5.81. The van der Waals surface area contributed by atoms with Gasteiger partial charge in [0, 0.05) is 40.3 Å². The third-order valence-electron chi connectivity index (χ3n) is 5.45. The highest BCUT2D eigenvalue weighted by atomic mass is 16.5. The summed E-state index contributed by atoms with van der Waals surface area (Å²) >= 11 is 0. The van der Waals surface area contributed by atoms with Crippen molar-refractivity contribution in [3.8, 4) is 5.75 Å². The third kappa shape index (κ3) is 3.94. The van der Waals surface area contributed by atoms with Gasteiger partial charge in [-0.1, -0.05) is 6.07 Å². The summed E-state index contributed by atoms with van der Waals surface area (Å²) in [5, 5.41) is 0. The van der Waals surface area contributed by atoms with Crippen LogP contribution in [-0.2, 0) is 17.6 Å². The molecule has 2 aliphatic rings. The number of carbonyl (C=O) groups excluding carboxylic acids is 2. The van der Waals surface area contributed by atoms with E-state index in [4.69, 9.17) is 4.74 Å². The number of ether oxygens (including phenoxy) is 1. The third-order valence-corrected chi connectivity index (χ3v) is 5.45. The molecule has 0 bridgehead atoms. The van der Waals surface area contributed by atoms with Crippen molar-refractivity contribution in [2.75, 3.05) is 47.4 Å². The smallest absolute Gasteiger partial charge is 0.319 e. The Kier molecular flexibility index (Phi) is 5.69. The molecular formula is C20H29N3O3. The average Bonchev–Trinajstić information content (AvgIpc) is 2.88. The number of hydrogen-bond acceptors (Lipinski definition) is 3. The fraction of sp³-hybridized carbons (Fsp3) is 0.600. The number of benzene rings is 1. The Morgan fingerprint density at radius 2 is 1.81 bits per heavy atom. The van der Waals surface area contributed by atoms with E-state index in [1.54, 1.807) is 26.1 Å². The van der Waals surface area contributed by atoms with Gasteiger partial charge in [-0.2, -0.15) is 0 Å². The fourth-order valence-corrected chi connectivity index (χ4v) is 3.94. The van der Waals surface area contributed by atoms with Crippen molar-refractivity contribution in [3.05, 3.63) is 29.3 Å². The minimum absolute atomic E-state index is 0.00198. The molecule has 0 spiro atoms. The molecule has 6 nitrogen and oxygen atoms in total. The van der Waals surface area contributed by atoms with E-state index in [9.17, 15) is 9.59 Å². The molecule has 1 atom stereocenters. The average molecular weight is 359 g/mol. The lowest BCUT2D eigenvalue weighted by molar-refractivity contribution is -0.136. The van der Waals surface area contributed by atoms with E-state index in [0.717, 1.165) is 51.1 Å². The molecule has 0 unspecified atom stereocenters. The number of amides is 3. The van der Waals surface area contributed by atoms with Crippen LogP contribution in [0.1, 0.15) is 24.0 Å². The van der Waals surface area contributed by atoms with Gasteiger partial charge in [0.05, 0.1) is 13.0 Å². The summed E-state index contributed by atoms with van der Waals surface area (Å²) in [6.07, 6.45) is 3.48. The van der Waals surface area contributed by atoms with E-state index in [1.165, 1.54) is 11.1 Å². The number of piperidine rings is 1. The molecule has 3 rings (SSSR count). The molecule has 1 fully saturated rings. The maximum atomic E-state index is 13.1. The molecule has 142 valence electrons. The quantitative estimate of drug-likeness (QED) is 0.812. The van der Waals surface area contributed by atoms with E-state index in [-0.39, 0.29) is 17.9 Å². The van der Waals surface area contributed by atoms with E-state index >= 15 is 0 Å². The molecule has 0 N–H and O–H groups in total. The summed E-state index contributed by atoms with van der Waals surface area (Å²) in [6.45, 7) is 2.76. The first kappa shape index (κ1) is 18.5. The Morgan fingerprint density at radius 3 is 2.50 bits per heavy atom. The van der Waals surface area contributed by atoms with Crippen LogP contribution in [0.5, 0.6) is 5.75 Å². The zero-order valence-electron chi connectivity index (χ0n) is 16.0. The van der Waals surface area contributed by atoms with Crippen LogP contribution in [0.3, 0.4) is 0 Å². The lowest BCUT2D eigenvalue weighted by Crippen LogP contribution is -2.49. The fourth-order valence-electron chi connectivity index (χ4n) is 3.94. The maximum Gasteiger partial charge on any atom is 0.319 e. The van der Waals surface area contributed by atoms with E-state index in [2.05, 4.69) is 12.1 Å². The van der Waals surface area contributed by atoms with Crippen molar-refractivity contribution in [2.24, 2.45) is 5.92 Å². The first-order valence-corrected chi connectivity index (χ1v) is 9.40. The van der Waals surface area contributed by atoms with Crippen molar-refractivity contribution in [1.82, 2.24) is 14.7 Å². The number of fused-ring (bicyclic) bond motifs is 1. The largest absolute Gasteiger partial charge is 0.497 e. The number of nitrogens with zero attached hydrogens (tertiary/aromatic N) is 3. The number of hydrogen-bond donors (Lipinski definition) is 0. The molecule has 6 heteroatoms. The Balaban J connectivity index is 1.64. The SMILES string of the molecule is COc1ccc2c(c1)CCN(C(=O)[C@@H]1CCCN(C(=O)N(C)C)C1)CC2. The lowest BCUT2D eigenvalue weighted by Gasteiger charge is -2.35. The Bertz CT molecular complexity index is 674. The summed E-state index contributed by atoms with van der Waals surface area (Å²) in [5.41, 5.74) is 2.57. The molecule has 0 aromatic heterocycles. The zero-order valence-corrected chi connectivity index (χ0v) is 16.0. The monoisotopic (exact) mass is 359 g/mol. The molecule has 1 aromatic carbocycles. The van der Waals surface area contributed by atoms with Gasteiger partial charge >= 0.3 is 6.03 Å². The minimum atomic E-state index is -0.0802. The van der Waals surface area contributed by atoms with Crippen molar-refractivity contribution < 1.29 is 14.3 Å². The maximum absolute atomic E-state index is 13.1. The van der Waals surface area contributed by atoms with Gasteiger partial charge in [0.2, 0.25) is 5.91 Å². The first-order chi connectivity index (χ1) is 12.5. The topological polar surface area (TPSA) is 53.1 Å². The van der Waals surface area contributed by atoms with Crippen LogP contribution in [0, 0.1) is 5.92 Å². The van der Waals surface area contributed by atoms with Crippen LogP contribution in [-0.4, -0.2) is 74.0 Å². The van der Waals surface area contributed by atoms with Crippen molar-refractivity contribution in [1.29, 1.82) is 0 Å². The summed E-state index contributed by atoms with van der Waals surface area (Å²) < 4.78 is 5.32. The number of likely N-dealkylation sites (tertiary alicyclic amines) is 1. The van der Waals surface area contributed by atoms with Crippen LogP contribution in [0.2, 0.25) is 0 Å². The molecule has 26 heavy (non-hydrogen) atoms. The summed E-state index contributed by atoms with van der Waals surface area (Å²) in [6, 6.07) is 6.18. The second kappa shape index (κ2) is 7.98. The van der Waals surface area contributed by atoms with Crippen LogP contribution < -0.4 is 4.74 Å². The Morgan fingerprint density at radius 1 is 1.08 bits per heavy atom. The van der Waals surface area contributed by atoms with E-state index < -0.39 is 0 Å². The Labute approximate surface area is 155 Å². The molecule has 0 radical (unpaired) electrons. The minimum Gasteiger partial charge on any atom is -0.497 e. The zero-order chi connectivity index (χ0) is 18.7. The summed E-state index contributed by atoms with van der Waals surface area (Å²) in [5.74, 6) is 0.984. The van der Waals surface area contributed by atoms with Gasteiger partial charge in [-0.15, -0.1) is 0 Å². The predicted molar refractivity (Wildman–Crippen MR) is 100 cm³/mol. The van der Waals surface area contributed by atoms with Crippen molar-refractivity contribution in [3.63, 3.8) is 0 Å². The molecule has 0 saturated carbocycles. The Hall–Kier alpha value is -2.24. The van der Waals surface area contributed by atoms with Crippen LogP contribution in [0.15, 0.2) is 18.2 Å². The van der Waals surface area contributed by atoms with Crippen LogP contribution in [0.4, 0.5) is 4.79 Å². The molecule has 0 aliphatic carbocycles. The van der Waals surface area contributed by atoms with Crippen LogP contribution >= 0.6 is 0 Å². The van der Waals surface area contributed by atoms with E-state index in [1.807, 2.05) is 15.9 Å². The van der Waals surface area contributed by atoms with Gasteiger partial charge in [0.25, 0.3) is 0 Å².